The fourth-order valence-corrected chi connectivity index (χ4v) is 3.67. The second-order valence-corrected chi connectivity index (χ2v) is 7.04. The van der Waals surface area contributed by atoms with Crippen LogP contribution in [0.1, 0.15) is 51.2 Å². The molecule has 1 aromatic heterocycles. The summed E-state index contributed by atoms with van der Waals surface area (Å²) in [6.45, 7) is 8.70. The Bertz CT molecular complexity index is 439. The Morgan fingerprint density at radius 2 is 2.24 bits per heavy atom. The summed E-state index contributed by atoms with van der Waals surface area (Å²) in [7, 11) is 0. The molecule has 5 heteroatoms. The molecule has 0 aromatic carbocycles. The van der Waals surface area contributed by atoms with Crippen LogP contribution in [0.25, 0.3) is 0 Å². The Morgan fingerprint density at radius 1 is 1.33 bits per heavy atom. The highest BCUT2D eigenvalue weighted by Crippen LogP contribution is 2.25. The number of aromatic nitrogens is 2. The van der Waals surface area contributed by atoms with Crippen molar-refractivity contribution in [3.8, 4) is 0 Å². The number of nitrogens with zero attached hydrogens (tertiary/aromatic N) is 3. The highest BCUT2D eigenvalue weighted by atomic mass is 16.5. The van der Waals surface area contributed by atoms with Crippen molar-refractivity contribution < 1.29 is 4.52 Å². The van der Waals surface area contributed by atoms with Gasteiger partial charge in [0.2, 0.25) is 5.89 Å². The molecule has 3 rings (SSSR count). The predicted octanol–water partition coefficient (Wildman–Crippen LogP) is 2.23. The minimum absolute atomic E-state index is 0.572. The van der Waals surface area contributed by atoms with Gasteiger partial charge in [-0.2, -0.15) is 4.98 Å². The van der Waals surface area contributed by atoms with Crippen LogP contribution in [-0.2, 0) is 13.0 Å². The van der Waals surface area contributed by atoms with Crippen molar-refractivity contribution in [2.75, 3.05) is 19.6 Å². The third-order valence-corrected chi connectivity index (χ3v) is 4.67. The lowest BCUT2D eigenvalue weighted by Crippen LogP contribution is -2.43. The number of hydrogen-bond acceptors (Lipinski definition) is 5. The Kier molecular flexibility index (Phi) is 4.91. The van der Waals surface area contributed by atoms with Crippen molar-refractivity contribution in [3.05, 3.63) is 11.7 Å². The minimum Gasteiger partial charge on any atom is -0.338 e. The quantitative estimate of drug-likeness (QED) is 0.902. The molecule has 0 radical (unpaired) electrons. The summed E-state index contributed by atoms with van der Waals surface area (Å²) in [4.78, 5) is 7.02. The van der Waals surface area contributed by atoms with E-state index in [9.17, 15) is 0 Å². The molecule has 1 aromatic rings. The second-order valence-electron chi connectivity index (χ2n) is 7.04. The molecule has 3 heterocycles. The van der Waals surface area contributed by atoms with Gasteiger partial charge in [-0.05, 0) is 50.6 Å². The van der Waals surface area contributed by atoms with Gasteiger partial charge in [0.15, 0.2) is 5.82 Å². The van der Waals surface area contributed by atoms with Gasteiger partial charge in [0.1, 0.15) is 0 Å². The van der Waals surface area contributed by atoms with Crippen LogP contribution in [0, 0.1) is 11.8 Å². The maximum absolute atomic E-state index is 5.41. The first-order valence-corrected chi connectivity index (χ1v) is 8.48. The van der Waals surface area contributed by atoms with Crippen LogP contribution < -0.4 is 5.32 Å². The lowest BCUT2D eigenvalue weighted by molar-refractivity contribution is 0.131. The van der Waals surface area contributed by atoms with E-state index in [4.69, 9.17) is 4.52 Å². The summed E-state index contributed by atoms with van der Waals surface area (Å²) >= 11 is 0. The third kappa shape index (κ3) is 4.04. The normalized spacial score (nSPS) is 27.6. The number of nitrogens with one attached hydrogen (secondary N) is 1. The Morgan fingerprint density at radius 3 is 3.00 bits per heavy atom. The number of rotatable bonds is 5. The lowest BCUT2D eigenvalue weighted by atomic mass is 9.90. The minimum atomic E-state index is 0.572. The molecular formula is C16H28N4O. The average Bonchev–Trinajstić information content (AvgIpc) is 3.10. The van der Waals surface area contributed by atoms with Crippen LogP contribution in [0.5, 0.6) is 0 Å². The molecule has 118 valence electrons. The zero-order chi connectivity index (χ0) is 14.7. The molecule has 5 nitrogen and oxygen atoms in total. The van der Waals surface area contributed by atoms with E-state index in [0.29, 0.717) is 5.92 Å². The third-order valence-electron chi connectivity index (χ3n) is 4.67. The first-order valence-electron chi connectivity index (χ1n) is 8.48. The molecule has 0 saturated carbocycles. The number of piperidine rings is 1. The van der Waals surface area contributed by atoms with E-state index < -0.39 is 0 Å². The highest BCUT2D eigenvalue weighted by Gasteiger charge is 2.29. The summed E-state index contributed by atoms with van der Waals surface area (Å²) in [5, 5.41) is 7.75. The van der Waals surface area contributed by atoms with Crippen molar-refractivity contribution >= 4 is 0 Å². The van der Waals surface area contributed by atoms with E-state index in [-0.39, 0.29) is 0 Å². The molecule has 2 unspecified atom stereocenters. The first kappa shape index (κ1) is 15.0. The van der Waals surface area contributed by atoms with Crippen LogP contribution in [-0.4, -0.2) is 40.7 Å². The second kappa shape index (κ2) is 6.88. The Balaban J connectivity index is 1.53. The summed E-state index contributed by atoms with van der Waals surface area (Å²) in [5.41, 5.74) is 0. The van der Waals surface area contributed by atoms with Crippen molar-refractivity contribution in [3.63, 3.8) is 0 Å². The fraction of sp³-hybridized carbons (Fsp3) is 0.875. The van der Waals surface area contributed by atoms with Gasteiger partial charge in [0.05, 0.1) is 6.54 Å². The standard InChI is InChI=1S/C16H28N4O/c1-12(2)9-15-18-16(21-19-15)11-20-8-4-5-13(10-20)14-6-3-7-17-14/h12-14,17H,3-11H2,1-2H3. The van der Waals surface area contributed by atoms with Crippen LogP contribution in [0.4, 0.5) is 0 Å². The maximum Gasteiger partial charge on any atom is 0.240 e. The summed E-state index contributed by atoms with van der Waals surface area (Å²) < 4.78 is 5.41. The molecule has 2 aliphatic rings. The molecule has 0 aliphatic carbocycles. The van der Waals surface area contributed by atoms with Gasteiger partial charge in [-0.25, -0.2) is 0 Å². The Hall–Kier alpha value is -0.940. The van der Waals surface area contributed by atoms with Gasteiger partial charge in [-0.3, -0.25) is 4.90 Å². The average molecular weight is 292 g/mol. The zero-order valence-corrected chi connectivity index (χ0v) is 13.3. The molecule has 2 atom stereocenters. The van der Waals surface area contributed by atoms with E-state index in [1.54, 1.807) is 0 Å². The molecule has 2 fully saturated rings. The van der Waals surface area contributed by atoms with E-state index in [2.05, 4.69) is 34.2 Å². The van der Waals surface area contributed by atoms with Crippen LogP contribution >= 0.6 is 0 Å². The van der Waals surface area contributed by atoms with E-state index in [1.165, 1.54) is 38.8 Å². The van der Waals surface area contributed by atoms with E-state index in [1.807, 2.05) is 0 Å². The topological polar surface area (TPSA) is 54.2 Å². The SMILES string of the molecule is CC(C)Cc1noc(CN2CCCC(C3CCCN3)C2)n1. The lowest BCUT2D eigenvalue weighted by Gasteiger charge is -2.35. The Labute approximate surface area is 127 Å². The summed E-state index contributed by atoms with van der Waals surface area (Å²) in [6, 6.07) is 0.729. The molecule has 21 heavy (non-hydrogen) atoms. The van der Waals surface area contributed by atoms with Gasteiger partial charge in [0, 0.05) is 19.0 Å². The molecule has 0 spiro atoms. The first-order chi connectivity index (χ1) is 10.2. The summed E-state index contributed by atoms with van der Waals surface area (Å²) in [6.07, 6.45) is 6.23. The highest BCUT2D eigenvalue weighted by molar-refractivity contribution is 4.90. The smallest absolute Gasteiger partial charge is 0.240 e. The number of hydrogen-bond donors (Lipinski definition) is 1. The van der Waals surface area contributed by atoms with Crippen LogP contribution in [0.3, 0.4) is 0 Å². The van der Waals surface area contributed by atoms with Gasteiger partial charge in [-0.1, -0.05) is 19.0 Å². The largest absolute Gasteiger partial charge is 0.338 e. The van der Waals surface area contributed by atoms with Gasteiger partial charge in [-0.15, -0.1) is 0 Å². The monoisotopic (exact) mass is 292 g/mol. The molecule has 1 N–H and O–H groups in total. The van der Waals surface area contributed by atoms with Crippen molar-refractivity contribution in [2.24, 2.45) is 11.8 Å². The molecule has 2 aliphatic heterocycles. The van der Waals surface area contributed by atoms with Crippen LogP contribution in [0.15, 0.2) is 4.52 Å². The zero-order valence-electron chi connectivity index (χ0n) is 13.3. The predicted molar refractivity (Wildman–Crippen MR) is 81.9 cm³/mol. The maximum atomic E-state index is 5.41. The number of likely N-dealkylation sites (tertiary alicyclic amines) is 1. The van der Waals surface area contributed by atoms with Crippen LogP contribution in [0.2, 0.25) is 0 Å². The van der Waals surface area contributed by atoms with E-state index >= 15 is 0 Å². The van der Waals surface area contributed by atoms with Crippen molar-refractivity contribution in [1.82, 2.24) is 20.4 Å². The van der Waals surface area contributed by atoms with E-state index in [0.717, 1.165) is 43.2 Å². The molecule has 2 saturated heterocycles. The van der Waals surface area contributed by atoms with Gasteiger partial charge < -0.3 is 9.84 Å². The van der Waals surface area contributed by atoms with Crippen molar-refractivity contribution in [1.29, 1.82) is 0 Å². The molecule has 0 amide bonds. The summed E-state index contributed by atoms with van der Waals surface area (Å²) in [5.74, 6) is 3.00. The van der Waals surface area contributed by atoms with Gasteiger partial charge >= 0.3 is 0 Å². The van der Waals surface area contributed by atoms with Gasteiger partial charge in [0.25, 0.3) is 0 Å². The molecule has 0 bridgehead atoms. The molecular weight excluding hydrogens is 264 g/mol. The fourth-order valence-electron chi connectivity index (χ4n) is 3.67. The van der Waals surface area contributed by atoms with Crippen molar-refractivity contribution in [2.45, 2.75) is 58.5 Å².